The zero-order valence-electron chi connectivity index (χ0n) is 15.7. The van der Waals surface area contributed by atoms with Gasteiger partial charge in [0.25, 0.3) is 5.92 Å². The van der Waals surface area contributed by atoms with Crippen molar-refractivity contribution in [3.63, 3.8) is 0 Å². The molecule has 9 heteroatoms. The average molecular weight is 389 g/mol. The second-order valence-corrected chi connectivity index (χ2v) is 7.69. The largest absolute Gasteiger partial charge is 0.444 e. The Morgan fingerprint density at radius 3 is 2.71 bits per heavy atom. The lowest BCUT2D eigenvalue weighted by molar-refractivity contribution is -0.0459. The highest BCUT2D eigenvalue weighted by molar-refractivity contribution is 5.92. The van der Waals surface area contributed by atoms with Crippen LogP contribution in [0.1, 0.15) is 32.3 Å². The molecule has 1 fully saturated rings. The third kappa shape index (κ3) is 4.27. The molecule has 0 spiro atoms. The van der Waals surface area contributed by atoms with Crippen LogP contribution in [-0.2, 0) is 4.74 Å². The number of fused-ring (bicyclic) bond motifs is 1. The lowest BCUT2D eigenvalue weighted by Crippen LogP contribution is -2.49. The van der Waals surface area contributed by atoms with Crippen LogP contribution in [0.4, 0.5) is 19.3 Å². The molecule has 2 aromatic rings. The van der Waals surface area contributed by atoms with Gasteiger partial charge in [0, 0.05) is 25.4 Å². The van der Waals surface area contributed by atoms with Gasteiger partial charge in [0.05, 0.1) is 17.8 Å². The zero-order chi connectivity index (χ0) is 20.5. The molecule has 148 valence electrons. The van der Waals surface area contributed by atoms with Crippen molar-refractivity contribution in [3.05, 3.63) is 30.1 Å². The number of aromatic nitrogens is 2. The molecule has 1 aromatic heterocycles. The van der Waals surface area contributed by atoms with Crippen LogP contribution in [-0.4, -0.2) is 40.7 Å². The quantitative estimate of drug-likeness (QED) is 0.861. The number of primary amides is 1. The van der Waals surface area contributed by atoms with Crippen molar-refractivity contribution in [1.82, 2.24) is 9.97 Å². The minimum Gasteiger partial charge on any atom is -0.444 e. The molecule has 0 bridgehead atoms. The van der Waals surface area contributed by atoms with Crippen molar-refractivity contribution in [3.8, 4) is 6.07 Å². The van der Waals surface area contributed by atoms with Gasteiger partial charge in [0.15, 0.2) is 0 Å². The molecule has 1 aliphatic rings. The maximum absolute atomic E-state index is 14.5. The summed E-state index contributed by atoms with van der Waals surface area (Å²) in [7, 11) is 0. The fourth-order valence-corrected chi connectivity index (χ4v) is 3.92. The molecule has 7 nitrogen and oxygen atoms in total. The Kier molecular flexibility index (Phi) is 5.06. The summed E-state index contributed by atoms with van der Waals surface area (Å²) in [5.41, 5.74) is 5.75. The maximum atomic E-state index is 14.5. The van der Waals surface area contributed by atoms with Crippen LogP contribution in [0.3, 0.4) is 0 Å². The van der Waals surface area contributed by atoms with Crippen LogP contribution in [0.2, 0.25) is 0 Å². The van der Waals surface area contributed by atoms with Gasteiger partial charge in [-0.05, 0) is 38.3 Å². The number of benzene rings is 1. The van der Waals surface area contributed by atoms with Gasteiger partial charge in [-0.25, -0.2) is 13.6 Å². The van der Waals surface area contributed by atoms with Crippen molar-refractivity contribution < 1.29 is 18.3 Å². The van der Waals surface area contributed by atoms with Crippen molar-refractivity contribution in [1.29, 1.82) is 5.26 Å². The van der Waals surface area contributed by atoms with Crippen LogP contribution in [0.15, 0.2) is 24.5 Å². The van der Waals surface area contributed by atoms with Crippen LogP contribution in [0.25, 0.3) is 11.0 Å². The fraction of sp³-hybridized carbons (Fsp3) is 0.474. The second-order valence-electron chi connectivity index (χ2n) is 7.69. The summed E-state index contributed by atoms with van der Waals surface area (Å²) >= 11 is 0. The molecule has 0 saturated carbocycles. The first-order valence-corrected chi connectivity index (χ1v) is 8.85. The first kappa shape index (κ1) is 19.7. The Balaban J connectivity index is 1.93. The Morgan fingerprint density at radius 1 is 1.39 bits per heavy atom. The highest BCUT2D eigenvalue weighted by Gasteiger charge is 2.43. The summed E-state index contributed by atoms with van der Waals surface area (Å²) in [4.78, 5) is 21.1. The standard InChI is InChI=1S/C19H21F2N5O2/c1-18(2,28-17(23)27)7-12-8-19(20,21)11-26(10-12)14-4-3-13(9-22)15-16(14)25-6-5-24-15/h3-6,12H,7-8,10-11H2,1-2H3,(H2,23,27). The Morgan fingerprint density at radius 2 is 2.07 bits per heavy atom. The lowest BCUT2D eigenvalue weighted by atomic mass is 9.85. The van der Waals surface area contributed by atoms with E-state index in [-0.39, 0.29) is 12.8 Å². The first-order valence-electron chi connectivity index (χ1n) is 8.85. The number of ether oxygens (including phenoxy) is 1. The number of nitrogens with two attached hydrogens (primary N) is 1. The third-order valence-corrected chi connectivity index (χ3v) is 4.71. The molecule has 2 N–H and O–H groups in total. The van der Waals surface area contributed by atoms with Gasteiger partial charge in [-0.2, -0.15) is 5.26 Å². The molecule has 3 rings (SSSR count). The number of halogens is 2. The van der Waals surface area contributed by atoms with Crippen molar-refractivity contribution in [2.75, 3.05) is 18.0 Å². The van der Waals surface area contributed by atoms with E-state index >= 15 is 0 Å². The molecule has 2 heterocycles. The van der Waals surface area contributed by atoms with Gasteiger partial charge in [0.2, 0.25) is 0 Å². The Labute approximate surface area is 161 Å². The summed E-state index contributed by atoms with van der Waals surface area (Å²) in [6, 6.07) is 5.23. The predicted molar refractivity (Wildman–Crippen MR) is 98.9 cm³/mol. The number of hydrogen-bond donors (Lipinski definition) is 1. The van der Waals surface area contributed by atoms with Gasteiger partial charge in [-0.15, -0.1) is 0 Å². The fourth-order valence-electron chi connectivity index (χ4n) is 3.92. The van der Waals surface area contributed by atoms with E-state index in [1.165, 1.54) is 12.4 Å². The molecule has 1 amide bonds. The van der Waals surface area contributed by atoms with E-state index in [0.717, 1.165) is 0 Å². The smallest absolute Gasteiger partial charge is 0.405 e. The number of anilines is 1. The Bertz CT molecular complexity index is 942. The number of alkyl halides is 2. The van der Waals surface area contributed by atoms with Crippen LogP contribution in [0.5, 0.6) is 0 Å². The number of rotatable bonds is 4. The van der Waals surface area contributed by atoms with E-state index in [1.807, 2.05) is 6.07 Å². The van der Waals surface area contributed by atoms with Gasteiger partial charge in [-0.1, -0.05) is 0 Å². The van der Waals surface area contributed by atoms with E-state index in [4.69, 9.17) is 10.5 Å². The van der Waals surface area contributed by atoms with Gasteiger partial charge in [0.1, 0.15) is 22.7 Å². The van der Waals surface area contributed by atoms with Crippen LogP contribution >= 0.6 is 0 Å². The van der Waals surface area contributed by atoms with Gasteiger partial charge < -0.3 is 15.4 Å². The summed E-state index contributed by atoms with van der Waals surface area (Å²) in [5.74, 6) is -3.35. The second kappa shape index (κ2) is 7.19. The van der Waals surface area contributed by atoms with E-state index in [9.17, 15) is 18.8 Å². The van der Waals surface area contributed by atoms with Crippen molar-refractivity contribution >= 4 is 22.8 Å². The van der Waals surface area contributed by atoms with Crippen molar-refractivity contribution in [2.45, 2.75) is 38.2 Å². The summed E-state index contributed by atoms with van der Waals surface area (Å²) in [6.45, 7) is 3.17. The Hall–Kier alpha value is -3.02. The monoisotopic (exact) mass is 389 g/mol. The predicted octanol–water partition coefficient (Wildman–Crippen LogP) is 3.23. The molecule has 1 saturated heterocycles. The molecule has 1 aromatic carbocycles. The summed E-state index contributed by atoms with van der Waals surface area (Å²) in [5, 5.41) is 9.26. The lowest BCUT2D eigenvalue weighted by Gasteiger charge is -2.41. The van der Waals surface area contributed by atoms with Crippen LogP contribution < -0.4 is 10.6 Å². The molecular formula is C19H21F2N5O2. The van der Waals surface area contributed by atoms with E-state index in [1.54, 1.807) is 30.9 Å². The molecule has 1 atom stereocenters. The first-order chi connectivity index (χ1) is 13.1. The molecule has 1 aliphatic heterocycles. The molecule has 0 radical (unpaired) electrons. The van der Waals surface area contributed by atoms with Crippen molar-refractivity contribution in [2.24, 2.45) is 11.7 Å². The number of piperidine rings is 1. The highest BCUT2D eigenvalue weighted by Crippen LogP contribution is 2.39. The minimum atomic E-state index is -2.92. The number of amides is 1. The molecular weight excluding hydrogens is 368 g/mol. The third-order valence-electron chi connectivity index (χ3n) is 4.71. The zero-order valence-corrected chi connectivity index (χ0v) is 15.7. The number of carbonyl (C=O) groups excluding carboxylic acids is 1. The van der Waals surface area contributed by atoms with E-state index in [2.05, 4.69) is 9.97 Å². The SMILES string of the molecule is CC(C)(CC1CN(c2ccc(C#N)c3nccnc23)CC(F)(F)C1)OC(N)=O. The number of carbonyl (C=O) groups is 1. The topological polar surface area (TPSA) is 105 Å². The van der Waals surface area contributed by atoms with Crippen LogP contribution in [0, 0.1) is 17.2 Å². The van der Waals surface area contributed by atoms with E-state index in [0.29, 0.717) is 28.8 Å². The number of nitriles is 1. The molecule has 0 aliphatic carbocycles. The average Bonchev–Trinajstić information content (AvgIpc) is 2.57. The molecule has 1 unspecified atom stereocenters. The van der Waals surface area contributed by atoms with Gasteiger partial charge >= 0.3 is 6.09 Å². The number of nitrogens with zero attached hydrogens (tertiary/aromatic N) is 4. The minimum absolute atomic E-state index is 0.238. The maximum Gasteiger partial charge on any atom is 0.405 e. The number of hydrogen-bond acceptors (Lipinski definition) is 6. The normalized spacial score (nSPS) is 19.2. The summed E-state index contributed by atoms with van der Waals surface area (Å²) in [6.07, 6.45) is 1.93. The van der Waals surface area contributed by atoms with Gasteiger partial charge in [-0.3, -0.25) is 9.97 Å². The summed E-state index contributed by atoms with van der Waals surface area (Å²) < 4.78 is 34.1. The molecule has 28 heavy (non-hydrogen) atoms. The van der Waals surface area contributed by atoms with E-state index < -0.39 is 30.1 Å². The highest BCUT2D eigenvalue weighted by atomic mass is 19.3.